The monoisotopic (exact) mass is 440 g/mol. The Labute approximate surface area is 194 Å². The van der Waals surface area contributed by atoms with E-state index in [1.807, 2.05) is 0 Å². The summed E-state index contributed by atoms with van der Waals surface area (Å²) in [4.78, 5) is 0. The molecule has 3 aliphatic rings. The molecule has 1 saturated heterocycles. The van der Waals surface area contributed by atoms with Crippen molar-refractivity contribution in [2.24, 2.45) is 7.05 Å². The van der Waals surface area contributed by atoms with E-state index in [9.17, 15) is 0 Å². The van der Waals surface area contributed by atoms with Crippen LogP contribution in [0.2, 0.25) is 25.2 Å². The number of hydrogen-bond acceptors (Lipinski definition) is 0. The van der Waals surface area contributed by atoms with Gasteiger partial charge in [-0.15, -0.1) is 0 Å². The number of aryl methyl sites for hydroxylation is 2. The van der Waals surface area contributed by atoms with Crippen molar-refractivity contribution in [1.29, 1.82) is 0 Å². The summed E-state index contributed by atoms with van der Waals surface area (Å²) in [7, 11) is 1.34. The summed E-state index contributed by atoms with van der Waals surface area (Å²) in [5, 5.41) is 2.84. The minimum Gasteiger partial charge on any atom is -0.198 e. The summed E-state index contributed by atoms with van der Waals surface area (Å²) in [6, 6.07) is 17.9. The molecule has 1 saturated carbocycles. The molecule has 2 unspecified atom stereocenters. The van der Waals surface area contributed by atoms with Crippen LogP contribution in [0.5, 0.6) is 0 Å². The largest absolute Gasteiger partial charge is 0.220 e. The van der Waals surface area contributed by atoms with Crippen molar-refractivity contribution in [2.75, 3.05) is 0 Å². The zero-order valence-electron chi connectivity index (χ0n) is 20.6. The number of benzene rings is 2. The van der Waals surface area contributed by atoms with Crippen LogP contribution in [0, 0.1) is 13.8 Å². The third-order valence-electron chi connectivity index (χ3n) is 9.37. The van der Waals surface area contributed by atoms with Crippen molar-refractivity contribution in [3.05, 3.63) is 64.3 Å². The van der Waals surface area contributed by atoms with E-state index in [1.54, 1.807) is 16.7 Å². The van der Waals surface area contributed by atoms with Gasteiger partial charge in [0.05, 0.1) is 10.9 Å². The van der Waals surface area contributed by atoms with Crippen molar-refractivity contribution in [1.82, 2.24) is 0 Å². The van der Waals surface area contributed by atoms with Crippen LogP contribution in [0.15, 0.2) is 36.4 Å². The molecule has 1 aliphatic heterocycles. The molecule has 6 rings (SSSR count). The number of hydrogen-bond donors (Lipinski definition) is 0. The Morgan fingerprint density at radius 3 is 2.22 bits per heavy atom. The van der Waals surface area contributed by atoms with Crippen LogP contribution in [0.1, 0.15) is 77.8 Å². The van der Waals surface area contributed by atoms with Gasteiger partial charge >= 0.3 is 0 Å². The number of rotatable bonds is 2. The van der Waals surface area contributed by atoms with Gasteiger partial charge in [-0.1, -0.05) is 43.4 Å². The third-order valence-corrected chi connectivity index (χ3v) is 12.7. The Balaban J connectivity index is 1.47. The fraction of sp³-hybridized carbons (Fsp3) is 0.500. The molecule has 2 atom stereocenters. The van der Waals surface area contributed by atoms with Crippen molar-refractivity contribution < 1.29 is 4.57 Å². The molecule has 0 spiro atoms. The molecule has 1 aromatic heterocycles. The SMILES string of the molecule is Cc1cc2c(cc1-c1c3ccc(C4CC[Si](C)(C)CC4)cc3cc(C)[n+]1C)C1CCC2C1. The molecule has 0 N–H and O–H groups in total. The molecule has 166 valence electrons. The molecule has 2 heteroatoms. The predicted molar refractivity (Wildman–Crippen MR) is 138 cm³/mol. The summed E-state index contributed by atoms with van der Waals surface area (Å²) in [5.74, 6) is 2.40. The predicted octanol–water partition coefficient (Wildman–Crippen LogP) is 7.90. The van der Waals surface area contributed by atoms with Crippen LogP contribution < -0.4 is 4.57 Å². The maximum atomic E-state index is 2.57. The topological polar surface area (TPSA) is 3.88 Å². The second-order valence-electron chi connectivity index (χ2n) is 12.0. The van der Waals surface area contributed by atoms with E-state index in [0.29, 0.717) is 0 Å². The third kappa shape index (κ3) is 3.21. The summed E-state index contributed by atoms with van der Waals surface area (Å²) < 4.78 is 2.43. The van der Waals surface area contributed by atoms with Crippen LogP contribution in [0.3, 0.4) is 0 Å². The molecule has 32 heavy (non-hydrogen) atoms. The van der Waals surface area contributed by atoms with E-state index in [0.717, 1.165) is 17.8 Å². The Morgan fingerprint density at radius 1 is 0.812 bits per heavy atom. The highest BCUT2D eigenvalue weighted by molar-refractivity contribution is 6.77. The van der Waals surface area contributed by atoms with Gasteiger partial charge in [0.15, 0.2) is 5.69 Å². The van der Waals surface area contributed by atoms with E-state index in [1.165, 1.54) is 77.5 Å². The van der Waals surface area contributed by atoms with E-state index >= 15 is 0 Å². The van der Waals surface area contributed by atoms with E-state index in [-0.39, 0.29) is 0 Å². The minimum absolute atomic E-state index is 0.759. The van der Waals surface area contributed by atoms with E-state index in [2.05, 4.69) is 75.0 Å². The van der Waals surface area contributed by atoms with Crippen LogP contribution in [-0.2, 0) is 7.05 Å². The fourth-order valence-electron chi connectivity index (χ4n) is 7.16. The lowest BCUT2D eigenvalue weighted by Gasteiger charge is -2.33. The molecule has 2 aromatic carbocycles. The van der Waals surface area contributed by atoms with Gasteiger partial charge < -0.3 is 0 Å². The first-order valence-corrected chi connectivity index (χ1v) is 16.3. The molecule has 0 radical (unpaired) electrons. The highest BCUT2D eigenvalue weighted by Gasteiger charge is 2.38. The molecular formula is C30H38NSi+. The van der Waals surface area contributed by atoms with Crippen molar-refractivity contribution in [2.45, 2.75) is 88.9 Å². The van der Waals surface area contributed by atoms with Crippen molar-refractivity contribution in [3.63, 3.8) is 0 Å². The van der Waals surface area contributed by atoms with Gasteiger partial charge in [-0.25, -0.2) is 0 Å². The van der Waals surface area contributed by atoms with E-state index in [4.69, 9.17) is 0 Å². The molecule has 2 aliphatic carbocycles. The van der Waals surface area contributed by atoms with Gasteiger partial charge in [0.2, 0.25) is 5.69 Å². The lowest BCUT2D eigenvalue weighted by molar-refractivity contribution is -0.665. The average Bonchev–Trinajstić information content (AvgIpc) is 3.36. The van der Waals surface area contributed by atoms with Crippen molar-refractivity contribution >= 4 is 18.8 Å². The van der Waals surface area contributed by atoms with Gasteiger partial charge in [-0.05, 0) is 96.6 Å². The van der Waals surface area contributed by atoms with Crippen LogP contribution in [0.4, 0.5) is 0 Å². The zero-order valence-corrected chi connectivity index (χ0v) is 21.6. The van der Waals surface area contributed by atoms with E-state index < -0.39 is 8.07 Å². The molecule has 2 fully saturated rings. The minimum atomic E-state index is -0.912. The number of nitrogens with zero attached hydrogens (tertiary/aromatic N) is 1. The van der Waals surface area contributed by atoms with Gasteiger partial charge in [0, 0.05) is 21.1 Å². The van der Waals surface area contributed by atoms with Gasteiger partial charge in [0.25, 0.3) is 0 Å². The highest BCUT2D eigenvalue weighted by atomic mass is 28.3. The Kier molecular flexibility index (Phi) is 4.70. The number of fused-ring (bicyclic) bond motifs is 6. The second kappa shape index (κ2) is 7.28. The number of aromatic nitrogens is 1. The fourth-order valence-corrected chi connectivity index (χ4v) is 9.67. The maximum Gasteiger partial charge on any atom is 0.220 e. The molecule has 3 aromatic rings. The Hall–Kier alpha value is -1.93. The van der Waals surface area contributed by atoms with Crippen LogP contribution in [-0.4, -0.2) is 8.07 Å². The summed E-state index contributed by atoms with van der Waals surface area (Å²) in [6.07, 6.45) is 6.98. The lowest BCUT2D eigenvalue weighted by Crippen LogP contribution is -2.35. The quantitative estimate of drug-likeness (QED) is 0.282. The standard InChI is InChI=1S/C30H38NSi/c1-19-14-28-23-6-7-24(17-23)29(28)18-27(19)30-26-9-8-22(16-25(26)15-20(2)31(30)3)21-10-12-32(4,5)13-11-21/h8-9,14-16,18,21,23-24H,6-7,10-13,17H2,1-5H3/q+1. The van der Waals surface area contributed by atoms with Gasteiger partial charge in [-0.2, -0.15) is 4.57 Å². The normalized spacial score (nSPS) is 24.3. The first-order chi connectivity index (χ1) is 15.3. The molecule has 2 heterocycles. The highest BCUT2D eigenvalue weighted by Crippen LogP contribution is 2.54. The smallest absolute Gasteiger partial charge is 0.198 e. The lowest BCUT2D eigenvalue weighted by atomic mass is 9.86. The molecule has 2 bridgehead atoms. The second-order valence-corrected chi connectivity index (χ2v) is 17.3. The van der Waals surface area contributed by atoms with Gasteiger partial charge in [0.1, 0.15) is 7.05 Å². The first kappa shape index (κ1) is 20.7. The summed E-state index contributed by atoms with van der Waals surface area (Å²) >= 11 is 0. The van der Waals surface area contributed by atoms with Crippen LogP contribution in [0.25, 0.3) is 22.0 Å². The molecule has 0 amide bonds. The molecule has 1 nitrogen and oxygen atoms in total. The first-order valence-electron chi connectivity index (χ1n) is 12.9. The molecular weight excluding hydrogens is 402 g/mol. The average molecular weight is 441 g/mol. The zero-order chi connectivity index (χ0) is 22.2. The summed E-state index contributed by atoms with van der Waals surface area (Å²) in [6.45, 7) is 9.75. The maximum absolute atomic E-state index is 2.57. The van der Waals surface area contributed by atoms with Gasteiger partial charge in [-0.3, -0.25) is 0 Å². The van der Waals surface area contributed by atoms with Crippen molar-refractivity contribution in [3.8, 4) is 11.3 Å². The van der Waals surface area contributed by atoms with Crippen LogP contribution >= 0.6 is 0 Å². The Bertz CT molecular complexity index is 1230. The number of pyridine rings is 1. The Morgan fingerprint density at radius 2 is 1.50 bits per heavy atom. The summed E-state index contributed by atoms with van der Waals surface area (Å²) in [5.41, 5.74) is 10.5.